The average molecular weight is 158 g/mol. The third-order valence-electron chi connectivity index (χ3n) is 1.69. The minimum Gasteiger partial charge on any atom is -0.361 e. The van der Waals surface area contributed by atoms with Crippen molar-refractivity contribution < 1.29 is 4.74 Å². The molecule has 1 aliphatic rings. The van der Waals surface area contributed by atoms with Crippen molar-refractivity contribution in [1.82, 2.24) is 5.32 Å². The monoisotopic (exact) mass is 158 g/mol. The molecule has 3 nitrogen and oxygen atoms in total. The standard InChI is InChI=1S/C8H18N2O/c1-8(2,3)11-5-10-7-4-6(7)9/h6-7,10H,4-5,9H2,1-3H3/t6-,7-/m1/s1. The fourth-order valence-electron chi connectivity index (χ4n) is 0.815. The predicted octanol–water partition coefficient (Wildman–Crippen LogP) is 0.448. The third-order valence-corrected chi connectivity index (χ3v) is 1.69. The fraction of sp³-hybridized carbons (Fsp3) is 1.00. The van der Waals surface area contributed by atoms with Crippen molar-refractivity contribution in [2.75, 3.05) is 6.73 Å². The molecule has 0 radical (unpaired) electrons. The molecule has 1 rings (SSSR count). The first-order valence-corrected chi connectivity index (χ1v) is 4.12. The highest BCUT2D eigenvalue weighted by molar-refractivity contribution is 4.96. The number of nitrogens with two attached hydrogens (primary N) is 1. The predicted molar refractivity (Wildman–Crippen MR) is 45.2 cm³/mol. The zero-order valence-electron chi connectivity index (χ0n) is 7.55. The molecule has 1 aliphatic carbocycles. The van der Waals surface area contributed by atoms with Crippen molar-refractivity contribution in [3.63, 3.8) is 0 Å². The van der Waals surface area contributed by atoms with Gasteiger partial charge in [-0.1, -0.05) is 0 Å². The van der Waals surface area contributed by atoms with Crippen LogP contribution < -0.4 is 11.1 Å². The van der Waals surface area contributed by atoms with E-state index in [1.807, 2.05) is 20.8 Å². The van der Waals surface area contributed by atoms with Crippen LogP contribution in [0.15, 0.2) is 0 Å². The molecule has 0 aromatic carbocycles. The summed E-state index contributed by atoms with van der Waals surface area (Å²) in [7, 11) is 0. The Balaban J connectivity index is 1.97. The van der Waals surface area contributed by atoms with Crippen molar-refractivity contribution in [1.29, 1.82) is 0 Å². The van der Waals surface area contributed by atoms with E-state index in [9.17, 15) is 0 Å². The topological polar surface area (TPSA) is 47.3 Å². The Morgan fingerprint density at radius 2 is 2.09 bits per heavy atom. The van der Waals surface area contributed by atoms with Crippen LogP contribution in [0.4, 0.5) is 0 Å². The Bertz CT molecular complexity index is 131. The van der Waals surface area contributed by atoms with E-state index in [0.29, 0.717) is 18.8 Å². The zero-order chi connectivity index (χ0) is 8.48. The summed E-state index contributed by atoms with van der Waals surface area (Å²) in [4.78, 5) is 0. The minimum absolute atomic E-state index is 0.0496. The molecule has 0 heterocycles. The molecule has 11 heavy (non-hydrogen) atoms. The highest BCUT2D eigenvalue weighted by atomic mass is 16.5. The summed E-state index contributed by atoms with van der Waals surface area (Å²) in [6, 6.07) is 0.857. The van der Waals surface area contributed by atoms with Gasteiger partial charge in [0.2, 0.25) is 0 Å². The molecule has 0 amide bonds. The van der Waals surface area contributed by atoms with Crippen molar-refractivity contribution in [2.45, 2.75) is 44.9 Å². The van der Waals surface area contributed by atoms with Crippen LogP contribution >= 0.6 is 0 Å². The van der Waals surface area contributed by atoms with Gasteiger partial charge in [0, 0.05) is 12.1 Å². The Morgan fingerprint density at radius 1 is 1.55 bits per heavy atom. The Labute approximate surface area is 68.3 Å². The van der Waals surface area contributed by atoms with Gasteiger partial charge in [-0.15, -0.1) is 0 Å². The first-order chi connectivity index (χ1) is 4.99. The second-order valence-electron chi connectivity index (χ2n) is 4.11. The Kier molecular flexibility index (Phi) is 2.52. The lowest BCUT2D eigenvalue weighted by Gasteiger charge is -2.19. The molecule has 3 heteroatoms. The molecule has 0 aromatic rings. The van der Waals surface area contributed by atoms with Crippen LogP contribution in [0.5, 0.6) is 0 Å². The summed E-state index contributed by atoms with van der Waals surface area (Å²) in [6.07, 6.45) is 1.09. The van der Waals surface area contributed by atoms with Crippen LogP contribution in [0.25, 0.3) is 0 Å². The smallest absolute Gasteiger partial charge is 0.0975 e. The summed E-state index contributed by atoms with van der Waals surface area (Å²) in [5.41, 5.74) is 5.55. The molecule has 1 fully saturated rings. The minimum atomic E-state index is -0.0496. The van der Waals surface area contributed by atoms with Crippen molar-refractivity contribution in [2.24, 2.45) is 5.73 Å². The molecular formula is C8H18N2O. The van der Waals surface area contributed by atoms with Crippen LogP contribution in [0.1, 0.15) is 27.2 Å². The van der Waals surface area contributed by atoms with Gasteiger partial charge in [0.25, 0.3) is 0 Å². The maximum absolute atomic E-state index is 5.60. The van der Waals surface area contributed by atoms with Gasteiger partial charge in [0.05, 0.1) is 12.3 Å². The molecule has 0 saturated heterocycles. The largest absolute Gasteiger partial charge is 0.361 e. The van der Waals surface area contributed by atoms with Crippen LogP contribution in [0.3, 0.4) is 0 Å². The van der Waals surface area contributed by atoms with Gasteiger partial charge in [-0.3, -0.25) is 5.32 Å². The van der Waals surface area contributed by atoms with E-state index in [2.05, 4.69) is 5.32 Å². The normalized spacial score (nSPS) is 30.5. The lowest BCUT2D eigenvalue weighted by Crippen LogP contribution is -2.31. The second-order valence-corrected chi connectivity index (χ2v) is 4.11. The van der Waals surface area contributed by atoms with Gasteiger partial charge in [0.1, 0.15) is 0 Å². The number of rotatable bonds is 3. The van der Waals surface area contributed by atoms with E-state index >= 15 is 0 Å². The molecule has 3 N–H and O–H groups in total. The van der Waals surface area contributed by atoms with E-state index in [1.165, 1.54) is 0 Å². The molecule has 0 spiro atoms. The zero-order valence-corrected chi connectivity index (χ0v) is 7.55. The van der Waals surface area contributed by atoms with Crippen molar-refractivity contribution >= 4 is 0 Å². The van der Waals surface area contributed by atoms with Crippen molar-refractivity contribution in [3.8, 4) is 0 Å². The number of nitrogens with one attached hydrogen (secondary N) is 1. The van der Waals surface area contributed by atoms with Crippen LogP contribution in [-0.2, 0) is 4.74 Å². The summed E-state index contributed by atoms with van der Waals surface area (Å²) >= 11 is 0. The highest BCUT2D eigenvalue weighted by Gasteiger charge is 2.32. The van der Waals surface area contributed by atoms with Crippen LogP contribution in [0, 0.1) is 0 Å². The summed E-state index contributed by atoms with van der Waals surface area (Å²) in [5.74, 6) is 0. The highest BCUT2D eigenvalue weighted by Crippen LogP contribution is 2.17. The third kappa shape index (κ3) is 3.70. The maximum Gasteiger partial charge on any atom is 0.0975 e. The van der Waals surface area contributed by atoms with E-state index in [-0.39, 0.29) is 5.60 Å². The van der Waals surface area contributed by atoms with E-state index in [0.717, 1.165) is 6.42 Å². The second kappa shape index (κ2) is 3.09. The van der Waals surface area contributed by atoms with Gasteiger partial charge in [-0.05, 0) is 27.2 Å². The molecule has 1 saturated carbocycles. The molecule has 66 valence electrons. The van der Waals surface area contributed by atoms with Gasteiger partial charge < -0.3 is 10.5 Å². The van der Waals surface area contributed by atoms with Gasteiger partial charge >= 0.3 is 0 Å². The fourth-order valence-corrected chi connectivity index (χ4v) is 0.815. The summed E-state index contributed by atoms with van der Waals surface area (Å²) in [5, 5.41) is 3.22. The summed E-state index contributed by atoms with van der Waals surface area (Å²) < 4.78 is 5.46. The average Bonchev–Trinajstić information content (AvgIpc) is 2.43. The lowest BCUT2D eigenvalue weighted by atomic mass is 10.2. The molecule has 0 aromatic heterocycles. The molecule has 0 unspecified atom stereocenters. The van der Waals surface area contributed by atoms with E-state index in [4.69, 9.17) is 10.5 Å². The SMILES string of the molecule is CC(C)(C)OCN[C@@H]1C[C@H]1N. The van der Waals surface area contributed by atoms with Crippen molar-refractivity contribution in [3.05, 3.63) is 0 Å². The molecule has 2 atom stereocenters. The van der Waals surface area contributed by atoms with Gasteiger partial charge in [-0.25, -0.2) is 0 Å². The van der Waals surface area contributed by atoms with E-state index in [1.54, 1.807) is 0 Å². The Hall–Kier alpha value is -0.120. The Morgan fingerprint density at radius 3 is 2.45 bits per heavy atom. The number of hydrogen-bond donors (Lipinski definition) is 2. The summed E-state index contributed by atoms with van der Waals surface area (Å²) in [6.45, 7) is 6.74. The van der Waals surface area contributed by atoms with Gasteiger partial charge in [0.15, 0.2) is 0 Å². The number of ether oxygens (including phenoxy) is 1. The van der Waals surface area contributed by atoms with Gasteiger partial charge in [-0.2, -0.15) is 0 Å². The number of hydrogen-bond acceptors (Lipinski definition) is 3. The first-order valence-electron chi connectivity index (χ1n) is 4.12. The van der Waals surface area contributed by atoms with E-state index < -0.39 is 0 Å². The lowest BCUT2D eigenvalue weighted by molar-refractivity contribution is -0.0139. The quantitative estimate of drug-likeness (QED) is 0.586. The molecule has 0 aliphatic heterocycles. The molecular weight excluding hydrogens is 140 g/mol. The maximum atomic E-state index is 5.60. The van der Waals surface area contributed by atoms with Crippen LogP contribution in [-0.4, -0.2) is 24.4 Å². The first kappa shape index (κ1) is 8.97. The van der Waals surface area contributed by atoms with Crippen LogP contribution in [0.2, 0.25) is 0 Å². The molecule has 0 bridgehead atoms.